The Labute approximate surface area is 108 Å². The van der Waals surface area contributed by atoms with Crippen molar-refractivity contribution in [2.75, 3.05) is 13.1 Å². The van der Waals surface area contributed by atoms with Crippen LogP contribution in [0, 0.1) is 0 Å². The Morgan fingerprint density at radius 1 is 1.06 bits per heavy atom. The molecule has 1 fully saturated rings. The van der Waals surface area contributed by atoms with Gasteiger partial charge in [0, 0.05) is 31.2 Å². The number of para-hydroxylation sites is 1. The molecule has 2 heterocycles. The molecule has 0 bridgehead atoms. The highest BCUT2D eigenvalue weighted by Gasteiger charge is 2.09. The number of hydrazine groups is 1. The van der Waals surface area contributed by atoms with Gasteiger partial charge >= 0.3 is 0 Å². The molecule has 94 valence electrons. The van der Waals surface area contributed by atoms with E-state index in [2.05, 4.69) is 39.7 Å². The van der Waals surface area contributed by atoms with E-state index in [0.717, 1.165) is 12.1 Å². The monoisotopic (exact) mass is 241 g/mol. The van der Waals surface area contributed by atoms with Crippen LogP contribution in [0.5, 0.6) is 0 Å². The quantitative estimate of drug-likeness (QED) is 0.895. The number of hydrogen-bond acceptors (Lipinski definition) is 3. The van der Waals surface area contributed by atoms with Crippen LogP contribution in [0.25, 0.3) is 10.9 Å². The molecule has 3 rings (SSSR count). The lowest BCUT2D eigenvalue weighted by Gasteiger charge is -2.27. The Hall–Kier alpha value is -1.45. The summed E-state index contributed by atoms with van der Waals surface area (Å²) in [6.45, 7) is 3.23. The van der Waals surface area contributed by atoms with E-state index in [1.807, 2.05) is 12.3 Å². The van der Waals surface area contributed by atoms with Crippen LogP contribution < -0.4 is 5.43 Å². The van der Waals surface area contributed by atoms with Gasteiger partial charge in [0.1, 0.15) is 0 Å². The van der Waals surface area contributed by atoms with Crippen LogP contribution in [0.4, 0.5) is 0 Å². The van der Waals surface area contributed by atoms with Gasteiger partial charge in [-0.1, -0.05) is 24.6 Å². The van der Waals surface area contributed by atoms with Crippen LogP contribution in [0.15, 0.2) is 36.5 Å². The van der Waals surface area contributed by atoms with Gasteiger partial charge in [0.05, 0.1) is 5.52 Å². The van der Waals surface area contributed by atoms with E-state index in [0.29, 0.717) is 0 Å². The molecule has 1 aliphatic rings. The second kappa shape index (κ2) is 5.46. The fraction of sp³-hybridized carbons (Fsp3) is 0.400. The largest absolute Gasteiger partial charge is 0.256 e. The molecule has 1 N–H and O–H groups in total. The summed E-state index contributed by atoms with van der Waals surface area (Å²) in [5.41, 5.74) is 5.94. The summed E-state index contributed by atoms with van der Waals surface area (Å²) in [6.07, 6.45) is 5.89. The number of fused-ring (bicyclic) bond motifs is 1. The van der Waals surface area contributed by atoms with Crippen molar-refractivity contribution in [3.63, 3.8) is 0 Å². The minimum Gasteiger partial charge on any atom is -0.256 e. The first kappa shape index (κ1) is 11.6. The van der Waals surface area contributed by atoms with E-state index in [1.54, 1.807) is 0 Å². The molecule has 0 spiro atoms. The predicted octanol–water partition coefficient (Wildman–Crippen LogP) is 2.73. The Bertz CT molecular complexity index is 513. The molecule has 1 aliphatic heterocycles. The van der Waals surface area contributed by atoms with Crippen molar-refractivity contribution >= 4 is 10.9 Å². The maximum atomic E-state index is 4.40. The van der Waals surface area contributed by atoms with Crippen molar-refractivity contribution in [1.29, 1.82) is 0 Å². The summed E-state index contributed by atoms with van der Waals surface area (Å²) in [5.74, 6) is 0. The molecule has 18 heavy (non-hydrogen) atoms. The van der Waals surface area contributed by atoms with E-state index in [4.69, 9.17) is 0 Å². The van der Waals surface area contributed by atoms with Crippen LogP contribution >= 0.6 is 0 Å². The van der Waals surface area contributed by atoms with Gasteiger partial charge in [-0.2, -0.15) is 0 Å². The molecule has 0 unspecified atom stereocenters. The standard InChI is InChI=1S/C15H19N3/c1-4-10-18(11-5-1)17-12-13-8-9-16-15-7-3-2-6-14(13)15/h2-3,6-9,17H,1,4-5,10-12H2. The fourth-order valence-electron chi connectivity index (χ4n) is 2.56. The summed E-state index contributed by atoms with van der Waals surface area (Å²) in [5, 5.41) is 3.60. The van der Waals surface area contributed by atoms with Crippen LogP contribution in [0.3, 0.4) is 0 Å². The number of piperidine rings is 1. The topological polar surface area (TPSA) is 28.2 Å². The Balaban J connectivity index is 1.74. The van der Waals surface area contributed by atoms with Gasteiger partial charge in [0.25, 0.3) is 0 Å². The first-order valence-electron chi connectivity index (χ1n) is 6.74. The summed E-state index contributed by atoms with van der Waals surface area (Å²) in [7, 11) is 0. The number of pyridine rings is 1. The number of nitrogens with zero attached hydrogens (tertiary/aromatic N) is 2. The maximum absolute atomic E-state index is 4.40. The molecular formula is C15H19N3. The molecule has 1 aromatic heterocycles. The molecule has 0 radical (unpaired) electrons. The normalized spacial score (nSPS) is 17.1. The molecule has 1 aromatic carbocycles. The molecule has 3 nitrogen and oxygen atoms in total. The molecular weight excluding hydrogens is 222 g/mol. The Morgan fingerprint density at radius 2 is 1.89 bits per heavy atom. The molecule has 2 aromatic rings. The zero-order chi connectivity index (χ0) is 12.2. The third-order valence-electron chi connectivity index (χ3n) is 3.59. The smallest absolute Gasteiger partial charge is 0.0705 e. The van der Waals surface area contributed by atoms with Gasteiger partial charge in [-0.25, -0.2) is 5.01 Å². The van der Waals surface area contributed by atoms with Crippen molar-refractivity contribution in [2.45, 2.75) is 25.8 Å². The van der Waals surface area contributed by atoms with E-state index >= 15 is 0 Å². The summed E-state index contributed by atoms with van der Waals surface area (Å²) < 4.78 is 0. The van der Waals surface area contributed by atoms with E-state index in [1.165, 1.54) is 43.3 Å². The molecule has 0 aliphatic carbocycles. The van der Waals surface area contributed by atoms with Gasteiger partial charge in [-0.15, -0.1) is 0 Å². The van der Waals surface area contributed by atoms with E-state index < -0.39 is 0 Å². The second-order valence-electron chi connectivity index (χ2n) is 4.87. The highest BCUT2D eigenvalue weighted by atomic mass is 15.5. The third kappa shape index (κ3) is 2.52. The highest BCUT2D eigenvalue weighted by molar-refractivity contribution is 5.81. The summed E-state index contributed by atoms with van der Waals surface area (Å²) in [4.78, 5) is 4.40. The van der Waals surface area contributed by atoms with Crippen molar-refractivity contribution < 1.29 is 0 Å². The number of nitrogens with one attached hydrogen (secondary N) is 1. The highest BCUT2D eigenvalue weighted by Crippen LogP contribution is 2.16. The van der Waals surface area contributed by atoms with E-state index in [-0.39, 0.29) is 0 Å². The second-order valence-corrected chi connectivity index (χ2v) is 4.87. The van der Waals surface area contributed by atoms with Crippen LogP contribution in [0.1, 0.15) is 24.8 Å². The lowest BCUT2D eigenvalue weighted by Crippen LogP contribution is -2.41. The number of rotatable bonds is 3. The van der Waals surface area contributed by atoms with Crippen molar-refractivity contribution in [1.82, 2.24) is 15.4 Å². The van der Waals surface area contributed by atoms with Crippen LogP contribution in [-0.4, -0.2) is 23.1 Å². The Kier molecular flexibility index (Phi) is 3.53. The van der Waals surface area contributed by atoms with Gasteiger partial charge in [0.15, 0.2) is 0 Å². The SMILES string of the molecule is c1ccc2c(CNN3CCCCC3)ccnc2c1. The first-order valence-corrected chi connectivity index (χ1v) is 6.74. The average molecular weight is 241 g/mol. The molecule has 0 atom stereocenters. The first-order chi connectivity index (χ1) is 8.93. The zero-order valence-corrected chi connectivity index (χ0v) is 10.6. The lowest BCUT2D eigenvalue weighted by atomic mass is 10.1. The minimum atomic E-state index is 0.892. The van der Waals surface area contributed by atoms with Gasteiger partial charge in [0.2, 0.25) is 0 Å². The molecule has 3 heteroatoms. The lowest BCUT2D eigenvalue weighted by molar-refractivity contribution is 0.151. The minimum absolute atomic E-state index is 0.892. The molecule has 0 saturated carbocycles. The van der Waals surface area contributed by atoms with Crippen molar-refractivity contribution in [3.8, 4) is 0 Å². The van der Waals surface area contributed by atoms with Gasteiger partial charge in [-0.05, 0) is 30.5 Å². The van der Waals surface area contributed by atoms with Crippen molar-refractivity contribution in [2.24, 2.45) is 0 Å². The van der Waals surface area contributed by atoms with Gasteiger partial charge < -0.3 is 0 Å². The zero-order valence-electron chi connectivity index (χ0n) is 10.6. The number of benzene rings is 1. The fourth-order valence-corrected chi connectivity index (χ4v) is 2.56. The van der Waals surface area contributed by atoms with Gasteiger partial charge in [-0.3, -0.25) is 10.4 Å². The summed E-state index contributed by atoms with van der Waals surface area (Å²) >= 11 is 0. The van der Waals surface area contributed by atoms with Crippen LogP contribution in [-0.2, 0) is 6.54 Å². The molecule has 1 saturated heterocycles. The van der Waals surface area contributed by atoms with E-state index in [9.17, 15) is 0 Å². The number of hydrogen-bond donors (Lipinski definition) is 1. The predicted molar refractivity (Wildman–Crippen MR) is 74.0 cm³/mol. The Morgan fingerprint density at radius 3 is 2.78 bits per heavy atom. The number of aromatic nitrogens is 1. The maximum Gasteiger partial charge on any atom is 0.0705 e. The summed E-state index contributed by atoms with van der Waals surface area (Å²) in [6, 6.07) is 10.4. The van der Waals surface area contributed by atoms with Crippen molar-refractivity contribution in [3.05, 3.63) is 42.1 Å². The van der Waals surface area contributed by atoms with Crippen LogP contribution in [0.2, 0.25) is 0 Å². The average Bonchev–Trinajstić information content (AvgIpc) is 2.46. The third-order valence-corrected chi connectivity index (χ3v) is 3.59. The molecule has 0 amide bonds.